The Kier molecular flexibility index (Phi) is 5.39. The van der Waals surface area contributed by atoms with Crippen molar-refractivity contribution in [2.45, 2.75) is 45.4 Å². The zero-order valence-corrected chi connectivity index (χ0v) is 14.7. The Morgan fingerprint density at radius 1 is 1.21 bits per heavy atom. The van der Waals surface area contributed by atoms with Gasteiger partial charge in [-0.25, -0.2) is 0 Å². The van der Waals surface area contributed by atoms with E-state index in [-0.39, 0.29) is 11.8 Å². The number of hydrogen-bond acceptors (Lipinski definition) is 2. The van der Waals surface area contributed by atoms with Crippen LogP contribution in [0.5, 0.6) is 5.75 Å². The van der Waals surface area contributed by atoms with Gasteiger partial charge >= 0.3 is 0 Å². The van der Waals surface area contributed by atoms with Gasteiger partial charge in [0, 0.05) is 12.5 Å². The lowest BCUT2D eigenvalue weighted by Gasteiger charge is -2.13. The minimum absolute atomic E-state index is 0.237. The molecule has 0 aromatic heterocycles. The number of fused-ring (bicyclic) bond motifs is 1. The van der Waals surface area contributed by atoms with Gasteiger partial charge in [-0.05, 0) is 59.7 Å². The van der Waals surface area contributed by atoms with E-state index in [2.05, 4.69) is 36.5 Å². The molecule has 1 aliphatic carbocycles. The van der Waals surface area contributed by atoms with Crippen molar-refractivity contribution in [3.63, 3.8) is 0 Å². The van der Waals surface area contributed by atoms with E-state index >= 15 is 0 Å². The fourth-order valence-electron chi connectivity index (χ4n) is 3.67. The van der Waals surface area contributed by atoms with Gasteiger partial charge in [-0.3, -0.25) is 4.79 Å². The Morgan fingerprint density at radius 3 is 2.71 bits per heavy atom. The number of nitrogens with one attached hydrogen (secondary N) is 1. The highest BCUT2D eigenvalue weighted by Gasteiger charge is 2.22. The molecule has 0 spiro atoms. The van der Waals surface area contributed by atoms with E-state index in [4.69, 9.17) is 4.74 Å². The van der Waals surface area contributed by atoms with Crippen LogP contribution in [-0.2, 0) is 17.6 Å². The lowest BCUT2D eigenvalue weighted by molar-refractivity contribution is -0.124. The first-order valence-corrected chi connectivity index (χ1v) is 9.08. The van der Waals surface area contributed by atoms with E-state index < -0.39 is 0 Å². The summed E-state index contributed by atoms with van der Waals surface area (Å²) in [5.74, 6) is 1.35. The maximum atomic E-state index is 12.2. The van der Waals surface area contributed by atoms with Crippen molar-refractivity contribution in [3.05, 3.63) is 41.5 Å². The summed E-state index contributed by atoms with van der Waals surface area (Å²) in [6.45, 7) is 2.88. The van der Waals surface area contributed by atoms with Crippen LogP contribution in [0.3, 0.4) is 0 Å². The number of benzene rings is 2. The van der Waals surface area contributed by atoms with Crippen molar-refractivity contribution >= 4 is 16.7 Å². The lowest BCUT2D eigenvalue weighted by Crippen LogP contribution is -2.31. The Bertz CT molecular complexity index is 717. The average molecular weight is 325 g/mol. The quantitative estimate of drug-likeness (QED) is 0.862. The van der Waals surface area contributed by atoms with E-state index in [0.717, 1.165) is 31.4 Å². The van der Waals surface area contributed by atoms with Crippen LogP contribution < -0.4 is 10.1 Å². The number of amides is 1. The molecule has 0 aliphatic heterocycles. The van der Waals surface area contributed by atoms with E-state index in [1.165, 1.54) is 34.7 Å². The monoisotopic (exact) mass is 325 g/mol. The minimum Gasteiger partial charge on any atom is -0.497 e. The van der Waals surface area contributed by atoms with E-state index in [0.29, 0.717) is 6.54 Å². The first-order chi connectivity index (χ1) is 11.7. The molecule has 0 unspecified atom stereocenters. The summed E-state index contributed by atoms with van der Waals surface area (Å²) in [6, 6.07) is 10.7. The number of methoxy groups -OCH3 is 1. The second-order valence-electron chi connectivity index (χ2n) is 6.72. The van der Waals surface area contributed by atoms with Crippen LogP contribution in [0.4, 0.5) is 0 Å². The first-order valence-electron chi connectivity index (χ1n) is 9.08. The molecule has 2 aromatic carbocycles. The Hall–Kier alpha value is -2.03. The molecule has 0 saturated heterocycles. The molecule has 0 radical (unpaired) electrons. The van der Waals surface area contributed by atoms with E-state index in [1.54, 1.807) is 7.11 Å². The van der Waals surface area contributed by atoms with Crippen LogP contribution >= 0.6 is 0 Å². The second-order valence-corrected chi connectivity index (χ2v) is 6.72. The predicted octanol–water partition coefficient (Wildman–Crippen LogP) is 4.26. The molecule has 1 aliphatic rings. The standard InChI is InChI=1S/C21H27NO2/c1-3-15-12-17-8-9-19(24-2)14-20(17)18(13-15)10-11-22-21(23)16-6-4-5-7-16/h8-9,12-14,16H,3-7,10-11H2,1-2H3,(H,22,23). The lowest BCUT2D eigenvalue weighted by atomic mass is 9.97. The van der Waals surface area contributed by atoms with Gasteiger partial charge < -0.3 is 10.1 Å². The number of aryl methyl sites for hydroxylation is 1. The highest BCUT2D eigenvalue weighted by molar-refractivity contribution is 5.88. The van der Waals surface area contributed by atoms with E-state index in [9.17, 15) is 4.79 Å². The van der Waals surface area contributed by atoms with E-state index in [1.807, 2.05) is 6.07 Å². The van der Waals surface area contributed by atoms with Crippen LogP contribution in [-0.4, -0.2) is 19.6 Å². The summed E-state index contributed by atoms with van der Waals surface area (Å²) in [5.41, 5.74) is 2.62. The summed E-state index contributed by atoms with van der Waals surface area (Å²) in [4.78, 5) is 12.2. The maximum absolute atomic E-state index is 12.2. The van der Waals surface area contributed by atoms with Crippen LogP contribution in [0.15, 0.2) is 30.3 Å². The number of ether oxygens (including phenoxy) is 1. The zero-order chi connectivity index (χ0) is 16.9. The Balaban J connectivity index is 1.75. The summed E-state index contributed by atoms with van der Waals surface area (Å²) in [7, 11) is 1.70. The normalized spacial score (nSPS) is 14.9. The molecular formula is C21H27NO2. The highest BCUT2D eigenvalue weighted by atomic mass is 16.5. The fraction of sp³-hybridized carbons (Fsp3) is 0.476. The van der Waals surface area contributed by atoms with Gasteiger partial charge in [-0.2, -0.15) is 0 Å². The van der Waals surface area contributed by atoms with Gasteiger partial charge in [-0.15, -0.1) is 0 Å². The molecule has 0 atom stereocenters. The van der Waals surface area contributed by atoms with Crippen molar-refractivity contribution in [1.29, 1.82) is 0 Å². The van der Waals surface area contributed by atoms with Gasteiger partial charge in [0.25, 0.3) is 0 Å². The van der Waals surface area contributed by atoms with Crippen LogP contribution in [0, 0.1) is 5.92 Å². The Morgan fingerprint density at radius 2 is 2.00 bits per heavy atom. The number of rotatable bonds is 6. The first kappa shape index (κ1) is 16.8. The molecule has 1 saturated carbocycles. The Labute approximate surface area is 144 Å². The average Bonchev–Trinajstić information content (AvgIpc) is 3.15. The topological polar surface area (TPSA) is 38.3 Å². The molecule has 3 heteroatoms. The van der Waals surface area contributed by atoms with Crippen molar-refractivity contribution in [3.8, 4) is 5.75 Å². The van der Waals surface area contributed by atoms with Crippen molar-refractivity contribution in [2.24, 2.45) is 5.92 Å². The maximum Gasteiger partial charge on any atom is 0.223 e. The third kappa shape index (κ3) is 3.72. The summed E-state index contributed by atoms with van der Waals surface area (Å²) in [5, 5.41) is 5.60. The van der Waals surface area contributed by atoms with Crippen molar-refractivity contribution < 1.29 is 9.53 Å². The second kappa shape index (κ2) is 7.69. The third-order valence-electron chi connectivity index (χ3n) is 5.13. The molecule has 1 amide bonds. The summed E-state index contributed by atoms with van der Waals surface area (Å²) >= 11 is 0. The summed E-state index contributed by atoms with van der Waals surface area (Å²) in [6.07, 6.45) is 6.37. The molecule has 24 heavy (non-hydrogen) atoms. The number of hydrogen-bond donors (Lipinski definition) is 1. The predicted molar refractivity (Wildman–Crippen MR) is 98.5 cm³/mol. The third-order valence-corrected chi connectivity index (χ3v) is 5.13. The van der Waals surface area contributed by atoms with Crippen LogP contribution in [0.2, 0.25) is 0 Å². The highest BCUT2D eigenvalue weighted by Crippen LogP contribution is 2.27. The van der Waals surface area contributed by atoms with Gasteiger partial charge in [0.1, 0.15) is 5.75 Å². The largest absolute Gasteiger partial charge is 0.497 e. The number of carbonyl (C=O) groups is 1. The van der Waals surface area contributed by atoms with Crippen LogP contribution in [0.25, 0.3) is 10.8 Å². The smallest absolute Gasteiger partial charge is 0.223 e. The van der Waals surface area contributed by atoms with Crippen molar-refractivity contribution in [1.82, 2.24) is 5.32 Å². The molecule has 1 N–H and O–H groups in total. The van der Waals surface area contributed by atoms with Gasteiger partial charge in [0.05, 0.1) is 7.11 Å². The zero-order valence-electron chi connectivity index (χ0n) is 14.7. The molecule has 0 heterocycles. The summed E-state index contributed by atoms with van der Waals surface area (Å²) < 4.78 is 5.37. The number of carbonyl (C=O) groups excluding carboxylic acids is 1. The van der Waals surface area contributed by atoms with Crippen LogP contribution in [0.1, 0.15) is 43.7 Å². The fourth-order valence-corrected chi connectivity index (χ4v) is 3.67. The SMILES string of the molecule is CCc1cc(CCNC(=O)C2CCCC2)c2cc(OC)ccc2c1. The molecular weight excluding hydrogens is 298 g/mol. The molecule has 128 valence electrons. The van der Waals surface area contributed by atoms with Gasteiger partial charge in [-0.1, -0.05) is 38.0 Å². The van der Waals surface area contributed by atoms with Gasteiger partial charge in [0.2, 0.25) is 5.91 Å². The molecule has 0 bridgehead atoms. The minimum atomic E-state index is 0.237. The molecule has 3 nitrogen and oxygen atoms in total. The molecule has 1 fully saturated rings. The van der Waals surface area contributed by atoms with Crippen molar-refractivity contribution in [2.75, 3.05) is 13.7 Å². The molecule has 3 rings (SSSR count). The molecule has 2 aromatic rings. The van der Waals surface area contributed by atoms with Gasteiger partial charge in [0.15, 0.2) is 0 Å².